The fraction of sp³-hybridized carbons (Fsp3) is 0.600. The lowest BCUT2D eigenvalue weighted by Crippen LogP contribution is -2.58. The van der Waals surface area contributed by atoms with E-state index in [1.165, 1.54) is 0 Å². The summed E-state index contributed by atoms with van der Waals surface area (Å²) >= 11 is 0. The highest BCUT2D eigenvalue weighted by Crippen LogP contribution is 2.34. The lowest BCUT2D eigenvalue weighted by Gasteiger charge is -2.43. The van der Waals surface area contributed by atoms with Gasteiger partial charge in [0.05, 0.1) is 18.8 Å². The molecule has 0 aromatic carbocycles. The van der Waals surface area contributed by atoms with E-state index in [1.54, 1.807) is 29.4 Å². The summed E-state index contributed by atoms with van der Waals surface area (Å²) in [6.45, 7) is 1.63. The highest BCUT2D eigenvalue weighted by Gasteiger charge is 2.47. The molecule has 3 heterocycles. The van der Waals surface area contributed by atoms with Crippen LogP contribution in [0.15, 0.2) is 24.5 Å². The summed E-state index contributed by atoms with van der Waals surface area (Å²) < 4.78 is 11.2. The van der Waals surface area contributed by atoms with Crippen LogP contribution in [0, 0.1) is 0 Å². The number of rotatable bonds is 3. The van der Waals surface area contributed by atoms with Crippen LogP contribution >= 0.6 is 0 Å². The third-order valence-electron chi connectivity index (χ3n) is 4.22. The minimum Gasteiger partial charge on any atom is -0.482 e. The van der Waals surface area contributed by atoms with Gasteiger partial charge in [0.1, 0.15) is 11.4 Å². The van der Waals surface area contributed by atoms with Gasteiger partial charge >= 0.3 is 0 Å². The fourth-order valence-electron chi connectivity index (χ4n) is 3.04. The molecule has 0 aliphatic carbocycles. The number of likely N-dealkylation sites (tertiary alicyclic amines) is 1. The number of amides is 1. The van der Waals surface area contributed by atoms with E-state index in [2.05, 4.69) is 4.98 Å². The van der Waals surface area contributed by atoms with Crippen LogP contribution in [0.1, 0.15) is 19.3 Å². The molecule has 0 radical (unpaired) electrons. The summed E-state index contributed by atoms with van der Waals surface area (Å²) in [5.74, 6) is 0.496. The Morgan fingerprint density at radius 1 is 1.62 bits per heavy atom. The average Bonchev–Trinajstić information content (AvgIpc) is 2.98. The number of nitrogens with zero attached hydrogens (tertiary/aromatic N) is 2. The molecular formula is C15H20N2O4. The molecule has 1 amide bonds. The van der Waals surface area contributed by atoms with Crippen molar-refractivity contribution in [2.75, 3.05) is 26.3 Å². The monoisotopic (exact) mass is 292 g/mol. The topological polar surface area (TPSA) is 71.9 Å². The zero-order valence-electron chi connectivity index (χ0n) is 11.9. The maximum Gasteiger partial charge on any atom is 0.260 e. The number of carbonyl (C=O) groups excluding carboxylic acids is 1. The highest BCUT2D eigenvalue weighted by molar-refractivity contribution is 5.78. The van der Waals surface area contributed by atoms with Gasteiger partial charge in [-0.05, 0) is 31.4 Å². The highest BCUT2D eigenvalue weighted by atomic mass is 16.5. The van der Waals surface area contributed by atoms with Gasteiger partial charge < -0.3 is 19.5 Å². The first-order chi connectivity index (χ1) is 10.2. The molecule has 2 fully saturated rings. The van der Waals surface area contributed by atoms with Crippen molar-refractivity contribution in [3.8, 4) is 5.75 Å². The SMILES string of the molecule is O=C(COc1cccnc1)N1CC[C@H](O)[C@]2(CCCO2)C1. The van der Waals surface area contributed by atoms with Crippen molar-refractivity contribution in [1.82, 2.24) is 9.88 Å². The Morgan fingerprint density at radius 3 is 3.24 bits per heavy atom. The predicted octanol–water partition coefficient (Wildman–Crippen LogP) is 0.603. The lowest BCUT2D eigenvalue weighted by molar-refractivity contribution is -0.156. The first kappa shape index (κ1) is 14.3. The third kappa shape index (κ3) is 3.01. The second-order valence-corrected chi connectivity index (χ2v) is 5.61. The van der Waals surface area contributed by atoms with Crippen LogP contribution in [0.25, 0.3) is 0 Å². The summed E-state index contributed by atoms with van der Waals surface area (Å²) in [5.41, 5.74) is -0.567. The molecule has 2 aliphatic rings. The zero-order valence-corrected chi connectivity index (χ0v) is 11.9. The summed E-state index contributed by atoms with van der Waals surface area (Å²) in [6, 6.07) is 3.53. The third-order valence-corrected chi connectivity index (χ3v) is 4.22. The first-order valence-corrected chi connectivity index (χ1v) is 7.32. The van der Waals surface area contributed by atoms with Crippen molar-refractivity contribution in [3.05, 3.63) is 24.5 Å². The van der Waals surface area contributed by atoms with Gasteiger partial charge in [-0.2, -0.15) is 0 Å². The molecule has 2 atom stereocenters. The van der Waals surface area contributed by atoms with E-state index in [9.17, 15) is 9.90 Å². The van der Waals surface area contributed by atoms with Gasteiger partial charge in [0.15, 0.2) is 6.61 Å². The standard InChI is InChI=1S/C15H20N2O4/c18-13-4-7-17(11-15(13)5-2-8-21-15)14(19)10-20-12-3-1-6-16-9-12/h1,3,6,9,13,18H,2,4-5,7-8,10-11H2/t13-,15-/m0/s1. The molecule has 1 aromatic heterocycles. The number of aliphatic hydroxyl groups excluding tert-OH is 1. The lowest BCUT2D eigenvalue weighted by atomic mass is 9.87. The van der Waals surface area contributed by atoms with Crippen LogP contribution in [0.4, 0.5) is 0 Å². The quantitative estimate of drug-likeness (QED) is 0.883. The molecule has 1 aromatic rings. The van der Waals surface area contributed by atoms with Crippen LogP contribution in [0.5, 0.6) is 5.75 Å². The molecular weight excluding hydrogens is 272 g/mol. The molecule has 0 saturated carbocycles. The van der Waals surface area contributed by atoms with Gasteiger partial charge in [0, 0.05) is 19.3 Å². The second kappa shape index (κ2) is 5.99. The smallest absolute Gasteiger partial charge is 0.260 e. The number of ether oxygens (including phenoxy) is 2. The van der Waals surface area contributed by atoms with Crippen LogP contribution < -0.4 is 4.74 Å². The van der Waals surface area contributed by atoms with Gasteiger partial charge in [-0.15, -0.1) is 0 Å². The number of aliphatic hydroxyl groups is 1. The molecule has 0 unspecified atom stereocenters. The van der Waals surface area contributed by atoms with Gasteiger partial charge in [-0.25, -0.2) is 0 Å². The van der Waals surface area contributed by atoms with Crippen molar-refractivity contribution in [2.24, 2.45) is 0 Å². The van der Waals surface area contributed by atoms with E-state index in [4.69, 9.17) is 9.47 Å². The Morgan fingerprint density at radius 2 is 2.52 bits per heavy atom. The summed E-state index contributed by atoms with van der Waals surface area (Å²) in [7, 11) is 0. The Bertz CT molecular complexity index is 488. The molecule has 1 N–H and O–H groups in total. The zero-order chi connectivity index (χ0) is 14.7. The second-order valence-electron chi connectivity index (χ2n) is 5.61. The van der Waals surface area contributed by atoms with Gasteiger partial charge in [0.2, 0.25) is 0 Å². The Kier molecular flexibility index (Phi) is 4.07. The van der Waals surface area contributed by atoms with Gasteiger partial charge in [0.25, 0.3) is 5.91 Å². The van der Waals surface area contributed by atoms with Crippen molar-refractivity contribution in [3.63, 3.8) is 0 Å². The van der Waals surface area contributed by atoms with Gasteiger partial charge in [-0.3, -0.25) is 9.78 Å². The van der Waals surface area contributed by atoms with Crippen LogP contribution in [-0.4, -0.2) is 58.9 Å². The number of carbonyl (C=O) groups is 1. The Balaban J connectivity index is 1.57. The van der Waals surface area contributed by atoms with Crippen molar-refractivity contribution in [1.29, 1.82) is 0 Å². The molecule has 114 valence electrons. The number of hydrogen-bond acceptors (Lipinski definition) is 5. The minimum atomic E-state index is -0.567. The molecule has 0 bridgehead atoms. The van der Waals surface area contributed by atoms with E-state index in [0.717, 1.165) is 12.8 Å². The molecule has 6 heteroatoms. The van der Waals surface area contributed by atoms with Crippen molar-refractivity contribution < 1.29 is 19.4 Å². The summed E-state index contributed by atoms with van der Waals surface area (Å²) in [4.78, 5) is 17.9. The van der Waals surface area contributed by atoms with E-state index in [0.29, 0.717) is 31.9 Å². The number of hydrogen-bond donors (Lipinski definition) is 1. The fourth-order valence-corrected chi connectivity index (χ4v) is 3.04. The molecule has 2 saturated heterocycles. The van der Waals surface area contributed by atoms with Gasteiger partial charge in [-0.1, -0.05) is 0 Å². The Hall–Kier alpha value is -1.66. The molecule has 6 nitrogen and oxygen atoms in total. The average molecular weight is 292 g/mol. The van der Waals surface area contributed by atoms with Crippen LogP contribution in [-0.2, 0) is 9.53 Å². The van der Waals surface area contributed by atoms with Crippen LogP contribution in [0.3, 0.4) is 0 Å². The molecule has 21 heavy (non-hydrogen) atoms. The summed E-state index contributed by atoms with van der Waals surface area (Å²) in [6.07, 6.45) is 5.05. The first-order valence-electron chi connectivity index (χ1n) is 7.32. The van der Waals surface area contributed by atoms with Crippen molar-refractivity contribution >= 4 is 5.91 Å². The molecule has 2 aliphatic heterocycles. The maximum absolute atomic E-state index is 12.3. The number of pyridine rings is 1. The largest absolute Gasteiger partial charge is 0.482 e. The maximum atomic E-state index is 12.3. The minimum absolute atomic E-state index is 0.0160. The van der Waals surface area contributed by atoms with Crippen molar-refractivity contribution in [2.45, 2.75) is 31.0 Å². The van der Waals surface area contributed by atoms with E-state index >= 15 is 0 Å². The summed E-state index contributed by atoms with van der Waals surface area (Å²) in [5, 5.41) is 10.2. The number of piperidine rings is 1. The number of aromatic nitrogens is 1. The predicted molar refractivity (Wildman–Crippen MR) is 74.9 cm³/mol. The molecule has 3 rings (SSSR count). The Labute approximate surface area is 123 Å². The van der Waals surface area contributed by atoms with Crippen LogP contribution in [0.2, 0.25) is 0 Å². The van der Waals surface area contributed by atoms with E-state index in [-0.39, 0.29) is 12.5 Å². The van der Waals surface area contributed by atoms with E-state index < -0.39 is 11.7 Å². The normalized spacial score (nSPS) is 28.8. The van der Waals surface area contributed by atoms with E-state index in [1.807, 2.05) is 0 Å². The molecule has 1 spiro atoms.